The molecule has 3 rings (SSSR count). The second-order valence-electron chi connectivity index (χ2n) is 6.92. The lowest BCUT2D eigenvalue weighted by Crippen LogP contribution is -2.31. The molecule has 0 radical (unpaired) electrons. The first kappa shape index (κ1) is 23.0. The maximum absolute atomic E-state index is 13.2. The maximum Gasteiger partial charge on any atom is 0.252 e. The van der Waals surface area contributed by atoms with Gasteiger partial charge in [-0.2, -0.15) is 0 Å². The van der Waals surface area contributed by atoms with Crippen LogP contribution in [0.3, 0.4) is 0 Å². The zero-order valence-electron chi connectivity index (χ0n) is 17.7. The molecule has 164 valence electrons. The molecule has 1 aromatic heterocycles. The SMILES string of the molecule is CCCOc1c(Cl)cc(C(=O)N[C@H](c2ccc(Cl)cc2)c2nccn2C)cc1OCC. The molecule has 2 aromatic carbocycles. The molecule has 3 aromatic rings. The van der Waals surface area contributed by atoms with Crippen LogP contribution in [0.4, 0.5) is 0 Å². The Hall–Kier alpha value is -2.70. The van der Waals surface area contributed by atoms with Crippen LogP contribution in [-0.4, -0.2) is 28.7 Å². The van der Waals surface area contributed by atoms with E-state index >= 15 is 0 Å². The van der Waals surface area contributed by atoms with Gasteiger partial charge < -0.3 is 19.4 Å². The standard InChI is InChI=1S/C23H25Cl2N3O3/c1-4-12-31-21-18(25)13-16(14-19(21)30-5-2)23(29)27-20(22-26-10-11-28(22)3)15-6-8-17(24)9-7-15/h6-11,13-14,20H,4-5,12H2,1-3H3,(H,27,29)/t20-/m1/s1. The molecule has 31 heavy (non-hydrogen) atoms. The molecule has 1 N–H and O–H groups in total. The fourth-order valence-corrected chi connectivity index (χ4v) is 3.52. The van der Waals surface area contributed by atoms with Gasteiger partial charge in [0, 0.05) is 30.0 Å². The molecule has 0 aliphatic rings. The Bertz CT molecular complexity index is 1040. The summed E-state index contributed by atoms with van der Waals surface area (Å²) >= 11 is 12.5. The fourth-order valence-electron chi connectivity index (χ4n) is 3.13. The van der Waals surface area contributed by atoms with Crippen LogP contribution >= 0.6 is 23.2 Å². The molecular weight excluding hydrogens is 437 g/mol. The number of rotatable bonds is 9. The fraction of sp³-hybridized carbons (Fsp3) is 0.304. The zero-order valence-corrected chi connectivity index (χ0v) is 19.2. The smallest absolute Gasteiger partial charge is 0.252 e. The van der Waals surface area contributed by atoms with Gasteiger partial charge in [0.15, 0.2) is 11.5 Å². The van der Waals surface area contributed by atoms with Crippen molar-refractivity contribution in [2.75, 3.05) is 13.2 Å². The van der Waals surface area contributed by atoms with Crippen LogP contribution in [0.1, 0.15) is 48.1 Å². The lowest BCUT2D eigenvalue weighted by atomic mass is 10.1. The Balaban J connectivity index is 1.94. The van der Waals surface area contributed by atoms with E-state index in [1.807, 2.05) is 43.8 Å². The van der Waals surface area contributed by atoms with Crippen molar-refractivity contribution in [3.8, 4) is 11.5 Å². The van der Waals surface area contributed by atoms with Crippen LogP contribution in [0, 0.1) is 0 Å². The molecule has 0 unspecified atom stereocenters. The summed E-state index contributed by atoms with van der Waals surface area (Å²) in [4.78, 5) is 17.6. The number of imidazole rings is 1. The van der Waals surface area contributed by atoms with Crippen LogP contribution in [0.5, 0.6) is 11.5 Å². The number of aromatic nitrogens is 2. The Kier molecular flexibility index (Phi) is 7.82. The maximum atomic E-state index is 13.2. The van der Waals surface area contributed by atoms with Crippen molar-refractivity contribution >= 4 is 29.1 Å². The first-order valence-corrected chi connectivity index (χ1v) is 10.8. The van der Waals surface area contributed by atoms with Gasteiger partial charge >= 0.3 is 0 Å². The van der Waals surface area contributed by atoms with E-state index in [1.54, 1.807) is 30.5 Å². The molecular formula is C23H25Cl2N3O3. The van der Waals surface area contributed by atoms with Crippen molar-refractivity contribution in [1.82, 2.24) is 14.9 Å². The predicted octanol–water partition coefficient (Wildman–Crippen LogP) is 5.43. The van der Waals surface area contributed by atoms with Crippen molar-refractivity contribution < 1.29 is 14.3 Å². The van der Waals surface area contributed by atoms with Gasteiger partial charge in [0.05, 0.1) is 18.2 Å². The number of hydrogen-bond donors (Lipinski definition) is 1. The molecule has 1 atom stereocenters. The van der Waals surface area contributed by atoms with E-state index in [4.69, 9.17) is 32.7 Å². The van der Waals surface area contributed by atoms with Gasteiger partial charge in [0.25, 0.3) is 5.91 Å². The second kappa shape index (κ2) is 10.6. The summed E-state index contributed by atoms with van der Waals surface area (Å²) in [5.74, 6) is 1.26. The average Bonchev–Trinajstić information content (AvgIpc) is 3.17. The minimum atomic E-state index is -0.477. The Morgan fingerprint density at radius 3 is 2.52 bits per heavy atom. The highest BCUT2D eigenvalue weighted by Gasteiger charge is 2.23. The number of halogens is 2. The van der Waals surface area contributed by atoms with E-state index in [9.17, 15) is 4.79 Å². The molecule has 0 aliphatic heterocycles. The summed E-state index contributed by atoms with van der Waals surface area (Å²) in [6.45, 7) is 4.79. The number of carbonyl (C=O) groups is 1. The summed E-state index contributed by atoms with van der Waals surface area (Å²) in [7, 11) is 1.88. The number of aryl methyl sites for hydroxylation is 1. The molecule has 0 saturated carbocycles. The summed E-state index contributed by atoms with van der Waals surface area (Å²) in [5.41, 5.74) is 1.22. The Morgan fingerprint density at radius 2 is 1.90 bits per heavy atom. The third-order valence-electron chi connectivity index (χ3n) is 4.62. The Morgan fingerprint density at radius 1 is 1.16 bits per heavy atom. The van der Waals surface area contributed by atoms with Crippen molar-refractivity contribution in [1.29, 1.82) is 0 Å². The molecule has 8 heteroatoms. The summed E-state index contributed by atoms with van der Waals surface area (Å²) in [5, 5.41) is 3.99. The van der Waals surface area contributed by atoms with E-state index in [0.29, 0.717) is 46.1 Å². The number of amides is 1. The number of hydrogen-bond acceptors (Lipinski definition) is 4. The number of carbonyl (C=O) groups excluding carboxylic acids is 1. The van der Waals surface area contributed by atoms with Gasteiger partial charge in [-0.1, -0.05) is 42.3 Å². The topological polar surface area (TPSA) is 65.4 Å². The quantitative estimate of drug-likeness (QED) is 0.460. The zero-order chi connectivity index (χ0) is 22.4. The highest BCUT2D eigenvalue weighted by atomic mass is 35.5. The van der Waals surface area contributed by atoms with Crippen LogP contribution in [0.25, 0.3) is 0 Å². The predicted molar refractivity (Wildman–Crippen MR) is 122 cm³/mol. The molecule has 0 saturated heterocycles. The monoisotopic (exact) mass is 461 g/mol. The van der Waals surface area contributed by atoms with Crippen molar-refractivity contribution in [2.45, 2.75) is 26.3 Å². The van der Waals surface area contributed by atoms with Crippen LogP contribution < -0.4 is 14.8 Å². The van der Waals surface area contributed by atoms with Gasteiger partial charge in [0.1, 0.15) is 11.9 Å². The highest BCUT2D eigenvalue weighted by Crippen LogP contribution is 2.37. The van der Waals surface area contributed by atoms with Gasteiger partial charge in [-0.15, -0.1) is 0 Å². The first-order chi connectivity index (χ1) is 14.9. The number of ether oxygens (including phenoxy) is 2. The van der Waals surface area contributed by atoms with Gasteiger partial charge in [-0.25, -0.2) is 4.98 Å². The van der Waals surface area contributed by atoms with Gasteiger partial charge in [-0.05, 0) is 43.2 Å². The molecule has 0 fully saturated rings. The van der Waals surface area contributed by atoms with Crippen LogP contribution in [0.15, 0.2) is 48.8 Å². The minimum absolute atomic E-state index is 0.312. The molecule has 0 spiro atoms. The summed E-state index contributed by atoms with van der Waals surface area (Å²) < 4.78 is 13.3. The van der Waals surface area contributed by atoms with E-state index in [1.165, 1.54) is 0 Å². The number of nitrogens with zero attached hydrogens (tertiary/aromatic N) is 2. The minimum Gasteiger partial charge on any atom is -0.490 e. The molecule has 0 aliphatic carbocycles. The van der Waals surface area contributed by atoms with Crippen molar-refractivity contribution in [3.05, 3.63) is 75.8 Å². The van der Waals surface area contributed by atoms with Crippen molar-refractivity contribution in [2.24, 2.45) is 7.05 Å². The van der Waals surface area contributed by atoms with E-state index in [0.717, 1.165) is 12.0 Å². The van der Waals surface area contributed by atoms with Crippen LogP contribution in [-0.2, 0) is 7.05 Å². The van der Waals surface area contributed by atoms with Gasteiger partial charge in [-0.3, -0.25) is 4.79 Å². The van der Waals surface area contributed by atoms with E-state index in [2.05, 4.69) is 10.3 Å². The van der Waals surface area contributed by atoms with Crippen LogP contribution in [0.2, 0.25) is 10.0 Å². The number of benzene rings is 2. The normalized spacial score (nSPS) is 11.8. The summed E-state index contributed by atoms with van der Waals surface area (Å²) in [6.07, 6.45) is 4.35. The number of nitrogens with one attached hydrogen (secondary N) is 1. The lowest BCUT2D eigenvalue weighted by molar-refractivity contribution is 0.0940. The Labute approximate surface area is 192 Å². The largest absolute Gasteiger partial charge is 0.490 e. The molecule has 6 nitrogen and oxygen atoms in total. The molecule has 1 heterocycles. The molecule has 1 amide bonds. The highest BCUT2D eigenvalue weighted by molar-refractivity contribution is 6.32. The van der Waals surface area contributed by atoms with Crippen molar-refractivity contribution in [3.63, 3.8) is 0 Å². The average molecular weight is 462 g/mol. The summed E-state index contributed by atoms with van der Waals surface area (Å²) in [6, 6.07) is 10.0. The van der Waals surface area contributed by atoms with E-state index in [-0.39, 0.29) is 5.91 Å². The first-order valence-electron chi connectivity index (χ1n) is 10.1. The van der Waals surface area contributed by atoms with E-state index < -0.39 is 6.04 Å². The third kappa shape index (κ3) is 5.51. The van der Waals surface area contributed by atoms with Gasteiger partial charge in [0.2, 0.25) is 0 Å². The lowest BCUT2D eigenvalue weighted by Gasteiger charge is -2.20. The third-order valence-corrected chi connectivity index (χ3v) is 5.15. The second-order valence-corrected chi connectivity index (χ2v) is 7.76. The molecule has 0 bridgehead atoms.